The van der Waals surface area contributed by atoms with Crippen LogP contribution in [0.15, 0.2) is 54.6 Å². The van der Waals surface area contributed by atoms with Crippen molar-refractivity contribution in [1.82, 2.24) is 0 Å². The van der Waals surface area contributed by atoms with Gasteiger partial charge >= 0.3 is 23.9 Å². The van der Waals surface area contributed by atoms with Crippen molar-refractivity contribution < 1.29 is 38.1 Å². The predicted molar refractivity (Wildman–Crippen MR) is 121 cm³/mol. The fraction of sp³-hybridized carbons (Fsp3) is 0.440. The molecular formula is C25H32O8. The molecule has 0 saturated carbocycles. The van der Waals surface area contributed by atoms with Crippen LogP contribution in [0.2, 0.25) is 0 Å². The quantitative estimate of drug-likeness (QED) is 0.213. The Kier molecular flexibility index (Phi) is 10.0. The minimum absolute atomic E-state index is 0.0755. The maximum Gasteiger partial charge on any atom is 0.333 e. The molecule has 0 aliphatic rings. The van der Waals surface area contributed by atoms with Gasteiger partial charge in [-0.3, -0.25) is 9.59 Å². The second kappa shape index (κ2) is 12.0. The van der Waals surface area contributed by atoms with Crippen LogP contribution >= 0.6 is 0 Å². The van der Waals surface area contributed by atoms with E-state index in [-0.39, 0.29) is 24.4 Å². The Morgan fingerprint density at radius 1 is 0.848 bits per heavy atom. The Morgan fingerprint density at radius 2 is 1.39 bits per heavy atom. The first-order chi connectivity index (χ1) is 15.4. The Bertz CT molecular complexity index is 895. The summed E-state index contributed by atoms with van der Waals surface area (Å²) in [7, 11) is 1.09. The third-order valence-electron chi connectivity index (χ3n) is 4.46. The van der Waals surface area contributed by atoms with E-state index in [4.69, 9.17) is 18.9 Å². The normalized spacial score (nSPS) is 12.6. The number of hydrogen-bond donors (Lipinski definition) is 0. The lowest BCUT2D eigenvalue weighted by molar-refractivity contribution is -0.172. The molecule has 0 fully saturated rings. The number of esters is 4. The highest BCUT2D eigenvalue weighted by Gasteiger charge is 2.51. The van der Waals surface area contributed by atoms with Crippen LogP contribution in [-0.2, 0) is 44.7 Å². The molecule has 0 N–H and O–H groups in total. The van der Waals surface area contributed by atoms with E-state index in [0.717, 1.165) is 7.11 Å². The van der Waals surface area contributed by atoms with Crippen LogP contribution in [0.25, 0.3) is 0 Å². The lowest BCUT2D eigenvalue weighted by Crippen LogP contribution is -2.44. The number of methoxy groups -OCH3 is 1. The van der Waals surface area contributed by atoms with Gasteiger partial charge in [0.1, 0.15) is 12.2 Å². The van der Waals surface area contributed by atoms with E-state index in [1.165, 1.54) is 0 Å². The molecule has 0 aliphatic heterocycles. The summed E-state index contributed by atoms with van der Waals surface area (Å²) >= 11 is 0. The minimum atomic E-state index is -2.10. The monoisotopic (exact) mass is 460 g/mol. The van der Waals surface area contributed by atoms with Crippen LogP contribution in [0.3, 0.4) is 0 Å². The van der Waals surface area contributed by atoms with Crippen molar-refractivity contribution in [2.24, 2.45) is 5.41 Å². The molecular weight excluding hydrogens is 428 g/mol. The summed E-state index contributed by atoms with van der Waals surface area (Å²) in [5.41, 5.74) is -2.56. The highest BCUT2D eigenvalue weighted by atomic mass is 16.6. The molecule has 1 atom stereocenters. The smallest absolute Gasteiger partial charge is 0.333 e. The van der Waals surface area contributed by atoms with Crippen LogP contribution in [0, 0.1) is 5.41 Å². The standard InChI is InChI=1S/C25H32O8/c1-8-31-20(26)17(2)14-25(22(28)30-7,15-18(3)21(27)33-24(4,5)6)23(29)32-16-19-12-10-9-11-13-19/h9-13H,2-3,8,14-16H2,1,4-7H3. The predicted octanol–water partition coefficient (Wildman–Crippen LogP) is 3.69. The molecule has 0 aromatic heterocycles. The third kappa shape index (κ3) is 8.21. The summed E-state index contributed by atoms with van der Waals surface area (Å²) in [4.78, 5) is 51.0. The number of carbonyl (C=O) groups is 4. The molecule has 1 unspecified atom stereocenters. The first kappa shape index (κ1) is 27.6. The first-order valence-electron chi connectivity index (χ1n) is 10.4. The van der Waals surface area contributed by atoms with Crippen molar-refractivity contribution >= 4 is 23.9 Å². The van der Waals surface area contributed by atoms with Crippen molar-refractivity contribution in [2.45, 2.75) is 52.7 Å². The molecule has 1 aromatic rings. The summed E-state index contributed by atoms with van der Waals surface area (Å²) in [5, 5.41) is 0. The number of benzene rings is 1. The van der Waals surface area contributed by atoms with E-state index < -0.39 is 47.7 Å². The van der Waals surface area contributed by atoms with E-state index >= 15 is 0 Å². The fourth-order valence-corrected chi connectivity index (χ4v) is 2.95. The third-order valence-corrected chi connectivity index (χ3v) is 4.46. The Labute approximate surface area is 194 Å². The molecule has 1 rings (SSSR count). The van der Waals surface area contributed by atoms with Gasteiger partial charge in [-0.05, 0) is 33.3 Å². The van der Waals surface area contributed by atoms with Gasteiger partial charge in [0.25, 0.3) is 0 Å². The van der Waals surface area contributed by atoms with Crippen LogP contribution in [-0.4, -0.2) is 43.2 Å². The van der Waals surface area contributed by atoms with E-state index in [9.17, 15) is 19.2 Å². The Hall–Kier alpha value is -3.42. The lowest BCUT2D eigenvalue weighted by Gasteiger charge is -2.30. The van der Waals surface area contributed by atoms with Gasteiger partial charge in [0.2, 0.25) is 0 Å². The average molecular weight is 461 g/mol. The molecule has 0 radical (unpaired) electrons. The second-order valence-corrected chi connectivity index (χ2v) is 8.42. The largest absolute Gasteiger partial charge is 0.468 e. The Morgan fingerprint density at radius 3 is 1.88 bits per heavy atom. The van der Waals surface area contributed by atoms with Crippen LogP contribution in [0.4, 0.5) is 0 Å². The van der Waals surface area contributed by atoms with Crippen molar-refractivity contribution in [3.8, 4) is 0 Å². The second-order valence-electron chi connectivity index (χ2n) is 8.42. The number of carbonyl (C=O) groups excluding carboxylic acids is 4. The van der Waals surface area contributed by atoms with Gasteiger partial charge in [0.05, 0.1) is 13.7 Å². The van der Waals surface area contributed by atoms with Crippen LogP contribution < -0.4 is 0 Å². The topological polar surface area (TPSA) is 105 Å². The molecule has 0 aliphatic carbocycles. The molecule has 8 heteroatoms. The fourth-order valence-electron chi connectivity index (χ4n) is 2.95. The first-order valence-corrected chi connectivity index (χ1v) is 10.4. The molecule has 0 heterocycles. The molecule has 0 spiro atoms. The molecule has 0 bridgehead atoms. The summed E-state index contributed by atoms with van der Waals surface area (Å²) < 4.78 is 20.5. The highest BCUT2D eigenvalue weighted by Crippen LogP contribution is 2.37. The van der Waals surface area contributed by atoms with Gasteiger partial charge in [-0.15, -0.1) is 0 Å². The summed E-state index contributed by atoms with van der Waals surface area (Å²) in [6.45, 7) is 13.9. The number of hydrogen-bond acceptors (Lipinski definition) is 8. The van der Waals surface area contributed by atoms with Gasteiger partial charge in [-0.1, -0.05) is 43.5 Å². The van der Waals surface area contributed by atoms with E-state index in [1.54, 1.807) is 58.0 Å². The van der Waals surface area contributed by atoms with Gasteiger partial charge in [-0.2, -0.15) is 0 Å². The summed E-state index contributed by atoms with van der Waals surface area (Å²) in [5.74, 6) is -3.58. The van der Waals surface area contributed by atoms with Gasteiger partial charge in [-0.25, -0.2) is 9.59 Å². The molecule has 180 valence electrons. The van der Waals surface area contributed by atoms with E-state index in [1.807, 2.05) is 0 Å². The summed E-state index contributed by atoms with van der Waals surface area (Å²) in [6.07, 6.45) is -0.991. The number of ether oxygens (including phenoxy) is 4. The zero-order valence-corrected chi connectivity index (χ0v) is 19.9. The maximum atomic E-state index is 13.3. The van der Waals surface area contributed by atoms with E-state index in [2.05, 4.69) is 13.2 Å². The minimum Gasteiger partial charge on any atom is -0.468 e. The maximum absolute atomic E-state index is 13.3. The molecule has 0 amide bonds. The lowest BCUT2D eigenvalue weighted by atomic mass is 9.76. The summed E-state index contributed by atoms with van der Waals surface area (Å²) in [6, 6.07) is 8.82. The highest BCUT2D eigenvalue weighted by molar-refractivity contribution is 6.04. The van der Waals surface area contributed by atoms with Crippen LogP contribution in [0.5, 0.6) is 0 Å². The SMILES string of the molecule is C=C(CC(CC(=C)C(=O)OC(C)(C)C)(C(=O)OC)C(=O)OCc1ccccc1)C(=O)OCC. The van der Waals surface area contributed by atoms with Gasteiger partial charge < -0.3 is 18.9 Å². The zero-order chi connectivity index (χ0) is 25.2. The van der Waals surface area contributed by atoms with E-state index in [0.29, 0.717) is 5.56 Å². The molecule has 33 heavy (non-hydrogen) atoms. The molecule has 8 nitrogen and oxygen atoms in total. The van der Waals surface area contributed by atoms with Crippen molar-refractivity contribution in [3.63, 3.8) is 0 Å². The zero-order valence-electron chi connectivity index (χ0n) is 19.9. The van der Waals surface area contributed by atoms with Crippen LogP contribution in [0.1, 0.15) is 46.1 Å². The molecule has 0 saturated heterocycles. The average Bonchev–Trinajstić information content (AvgIpc) is 2.75. The van der Waals surface area contributed by atoms with Crippen molar-refractivity contribution in [2.75, 3.05) is 13.7 Å². The van der Waals surface area contributed by atoms with Gasteiger partial charge in [0, 0.05) is 24.0 Å². The molecule has 1 aromatic carbocycles. The number of rotatable bonds is 11. The Balaban J connectivity index is 3.32. The van der Waals surface area contributed by atoms with Crippen molar-refractivity contribution in [1.29, 1.82) is 0 Å². The van der Waals surface area contributed by atoms with Crippen molar-refractivity contribution in [3.05, 3.63) is 60.2 Å². The van der Waals surface area contributed by atoms with Gasteiger partial charge in [0.15, 0.2) is 5.41 Å².